The Kier molecular flexibility index (Phi) is 6.62. The summed E-state index contributed by atoms with van der Waals surface area (Å²) < 4.78 is 4.70. The van der Waals surface area contributed by atoms with Crippen LogP contribution in [0, 0.1) is 11.3 Å². The van der Waals surface area contributed by atoms with Crippen LogP contribution >= 0.6 is 0 Å². The predicted octanol–water partition coefficient (Wildman–Crippen LogP) is 2.14. The highest BCUT2D eigenvalue weighted by atomic mass is 16.5. The van der Waals surface area contributed by atoms with Crippen LogP contribution in [0.15, 0.2) is 24.3 Å². The molecule has 1 rings (SSSR count). The van der Waals surface area contributed by atoms with Crippen molar-refractivity contribution < 1.29 is 9.53 Å². The second-order valence-corrected chi connectivity index (χ2v) is 4.39. The fourth-order valence-corrected chi connectivity index (χ4v) is 1.98. The van der Waals surface area contributed by atoms with Crippen molar-refractivity contribution in [2.45, 2.75) is 26.3 Å². The number of carbonyl (C=O) groups is 1. The Hall–Kier alpha value is -1.86. The molecule has 0 spiro atoms. The zero-order valence-corrected chi connectivity index (χ0v) is 11.6. The third-order valence-electron chi connectivity index (χ3n) is 2.91. The summed E-state index contributed by atoms with van der Waals surface area (Å²) in [5.41, 5.74) is 2.05. The van der Waals surface area contributed by atoms with Gasteiger partial charge in [0, 0.05) is 6.54 Å². The molecule has 0 bridgehead atoms. The molecule has 0 aliphatic carbocycles. The van der Waals surface area contributed by atoms with E-state index in [4.69, 9.17) is 10.00 Å². The van der Waals surface area contributed by atoms with Gasteiger partial charge < -0.3 is 4.74 Å². The van der Waals surface area contributed by atoms with E-state index in [1.165, 1.54) is 7.11 Å². The van der Waals surface area contributed by atoms with Gasteiger partial charge in [-0.25, -0.2) is 0 Å². The van der Waals surface area contributed by atoms with Gasteiger partial charge in [0.2, 0.25) is 0 Å². The summed E-state index contributed by atoms with van der Waals surface area (Å²) in [5, 5.41) is 8.83. The number of rotatable bonds is 7. The molecule has 0 aliphatic heterocycles. The predicted molar refractivity (Wildman–Crippen MR) is 73.3 cm³/mol. The molecule has 1 aromatic carbocycles. The van der Waals surface area contributed by atoms with Crippen molar-refractivity contribution in [3.63, 3.8) is 0 Å². The monoisotopic (exact) mass is 260 g/mol. The second-order valence-electron chi connectivity index (χ2n) is 4.39. The summed E-state index contributed by atoms with van der Waals surface area (Å²) in [6.45, 7) is 4.06. The molecule has 19 heavy (non-hydrogen) atoms. The summed E-state index contributed by atoms with van der Waals surface area (Å²) in [5.74, 6) is -0.241. The molecule has 0 aliphatic rings. The first-order chi connectivity index (χ1) is 9.21. The maximum atomic E-state index is 11.4. The lowest BCUT2D eigenvalue weighted by Gasteiger charge is -2.20. The number of nitriles is 1. The summed E-state index contributed by atoms with van der Waals surface area (Å²) in [6, 6.07) is 9.97. The van der Waals surface area contributed by atoms with Gasteiger partial charge in [-0.2, -0.15) is 5.26 Å². The van der Waals surface area contributed by atoms with Crippen LogP contribution in [0.5, 0.6) is 0 Å². The van der Waals surface area contributed by atoms with E-state index >= 15 is 0 Å². The van der Waals surface area contributed by atoms with E-state index in [9.17, 15) is 4.79 Å². The number of ether oxygens (including phenoxy) is 1. The number of methoxy groups -OCH3 is 1. The smallest absolute Gasteiger partial charge is 0.309 e. The minimum Gasteiger partial charge on any atom is -0.469 e. The van der Waals surface area contributed by atoms with Crippen molar-refractivity contribution in [2.75, 3.05) is 20.2 Å². The molecular weight excluding hydrogens is 240 g/mol. The first-order valence-electron chi connectivity index (χ1n) is 6.44. The summed E-state index contributed by atoms with van der Waals surface area (Å²) in [7, 11) is 1.39. The zero-order valence-electron chi connectivity index (χ0n) is 11.6. The summed E-state index contributed by atoms with van der Waals surface area (Å²) in [4.78, 5) is 13.5. The van der Waals surface area contributed by atoms with Crippen LogP contribution < -0.4 is 0 Å². The molecule has 0 saturated heterocycles. The Morgan fingerprint density at radius 3 is 2.63 bits per heavy atom. The molecule has 1 aromatic rings. The lowest BCUT2D eigenvalue weighted by Crippen LogP contribution is -2.25. The standard InChI is InChI=1S/C15H20N2O2/c1-3-9-17(10-8-16)12-14-7-5-4-6-13(14)11-15(18)19-2/h4-7H,3,9-12H2,1-2H3. The van der Waals surface area contributed by atoms with Crippen molar-refractivity contribution in [2.24, 2.45) is 0 Å². The Morgan fingerprint density at radius 1 is 1.37 bits per heavy atom. The number of benzene rings is 1. The highest BCUT2D eigenvalue weighted by molar-refractivity contribution is 5.72. The van der Waals surface area contributed by atoms with Crippen molar-refractivity contribution >= 4 is 5.97 Å². The molecule has 4 heteroatoms. The highest BCUT2D eigenvalue weighted by Crippen LogP contribution is 2.13. The Morgan fingerprint density at radius 2 is 2.05 bits per heavy atom. The largest absolute Gasteiger partial charge is 0.469 e. The third-order valence-corrected chi connectivity index (χ3v) is 2.91. The van der Waals surface area contributed by atoms with Crippen LogP contribution in [-0.2, 0) is 22.5 Å². The maximum Gasteiger partial charge on any atom is 0.309 e. The van der Waals surface area contributed by atoms with Gasteiger partial charge >= 0.3 is 5.97 Å². The molecule has 0 aromatic heterocycles. The minimum absolute atomic E-state index is 0.241. The van der Waals surface area contributed by atoms with Gasteiger partial charge in [0.1, 0.15) is 0 Å². The fraction of sp³-hybridized carbons (Fsp3) is 0.467. The average Bonchev–Trinajstić information content (AvgIpc) is 2.41. The molecule has 4 nitrogen and oxygen atoms in total. The van der Waals surface area contributed by atoms with E-state index in [-0.39, 0.29) is 12.4 Å². The number of nitrogens with zero attached hydrogens (tertiary/aromatic N) is 2. The van der Waals surface area contributed by atoms with E-state index in [0.717, 1.165) is 24.1 Å². The fourth-order valence-electron chi connectivity index (χ4n) is 1.98. The SMILES string of the molecule is CCCN(CC#N)Cc1ccccc1CC(=O)OC. The van der Waals surface area contributed by atoms with Gasteiger partial charge in [-0.3, -0.25) is 9.69 Å². The van der Waals surface area contributed by atoms with Crippen molar-refractivity contribution in [3.8, 4) is 6.07 Å². The number of carbonyl (C=O) groups excluding carboxylic acids is 1. The van der Waals surface area contributed by atoms with Crippen molar-refractivity contribution in [3.05, 3.63) is 35.4 Å². The molecule has 0 saturated carbocycles. The zero-order chi connectivity index (χ0) is 14.1. The van der Waals surface area contributed by atoms with E-state index < -0.39 is 0 Å². The van der Waals surface area contributed by atoms with Gasteiger partial charge in [-0.05, 0) is 24.1 Å². The van der Waals surface area contributed by atoms with Gasteiger partial charge in [0.25, 0.3) is 0 Å². The van der Waals surface area contributed by atoms with Gasteiger partial charge in [-0.1, -0.05) is 31.2 Å². The molecule has 0 fully saturated rings. The molecule has 0 N–H and O–H groups in total. The molecule has 0 heterocycles. The quantitative estimate of drug-likeness (QED) is 0.556. The van der Waals surface area contributed by atoms with E-state index in [0.29, 0.717) is 13.1 Å². The molecular formula is C15H20N2O2. The molecule has 102 valence electrons. The third kappa shape index (κ3) is 5.11. The highest BCUT2D eigenvalue weighted by Gasteiger charge is 2.11. The lowest BCUT2D eigenvalue weighted by molar-refractivity contribution is -0.139. The van der Waals surface area contributed by atoms with Crippen LogP contribution in [0.3, 0.4) is 0 Å². The van der Waals surface area contributed by atoms with Gasteiger partial charge in [-0.15, -0.1) is 0 Å². The number of esters is 1. The molecule has 0 unspecified atom stereocenters. The lowest BCUT2D eigenvalue weighted by atomic mass is 10.0. The normalized spacial score (nSPS) is 10.2. The Bertz CT molecular complexity index is 452. The summed E-state index contributed by atoms with van der Waals surface area (Å²) in [6.07, 6.45) is 1.28. The Balaban J connectivity index is 2.81. The molecule has 0 radical (unpaired) electrons. The average molecular weight is 260 g/mol. The number of hydrogen-bond donors (Lipinski definition) is 0. The second kappa shape index (κ2) is 8.28. The molecule has 0 amide bonds. The van der Waals surface area contributed by atoms with Crippen LogP contribution in [-0.4, -0.2) is 31.1 Å². The Labute approximate surface area is 114 Å². The summed E-state index contributed by atoms with van der Waals surface area (Å²) >= 11 is 0. The van der Waals surface area contributed by atoms with Crippen molar-refractivity contribution in [1.82, 2.24) is 4.90 Å². The van der Waals surface area contributed by atoms with E-state index in [1.54, 1.807) is 0 Å². The van der Waals surface area contributed by atoms with Gasteiger partial charge in [0.05, 0.1) is 26.1 Å². The van der Waals surface area contributed by atoms with Crippen molar-refractivity contribution in [1.29, 1.82) is 5.26 Å². The van der Waals surface area contributed by atoms with E-state index in [1.807, 2.05) is 24.3 Å². The van der Waals surface area contributed by atoms with Crippen LogP contribution in [0.4, 0.5) is 0 Å². The van der Waals surface area contributed by atoms with Crippen LogP contribution in [0.2, 0.25) is 0 Å². The van der Waals surface area contributed by atoms with Gasteiger partial charge in [0.15, 0.2) is 0 Å². The maximum absolute atomic E-state index is 11.4. The molecule has 0 atom stereocenters. The van der Waals surface area contributed by atoms with Crippen LogP contribution in [0.1, 0.15) is 24.5 Å². The first-order valence-corrected chi connectivity index (χ1v) is 6.44. The number of hydrogen-bond acceptors (Lipinski definition) is 4. The van der Waals surface area contributed by atoms with E-state index in [2.05, 4.69) is 17.9 Å². The van der Waals surface area contributed by atoms with Crippen LogP contribution in [0.25, 0.3) is 0 Å². The first kappa shape index (κ1) is 15.2. The minimum atomic E-state index is -0.241. The topological polar surface area (TPSA) is 53.3 Å².